The fourth-order valence-electron chi connectivity index (χ4n) is 3.48. The van der Waals surface area contributed by atoms with E-state index in [0.717, 1.165) is 25.7 Å². The molecule has 1 heterocycles. The number of benzene rings is 1. The molecule has 1 atom stereocenters. The minimum Gasteiger partial charge on any atom is -0.450 e. The molecule has 1 aromatic carbocycles. The van der Waals surface area contributed by atoms with E-state index in [1.165, 1.54) is 5.56 Å². The molecule has 130 valence electrons. The summed E-state index contributed by atoms with van der Waals surface area (Å²) >= 11 is 0. The lowest BCUT2D eigenvalue weighted by molar-refractivity contribution is -0.126. The van der Waals surface area contributed by atoms with Crippen LogP contribution >= 0.6 is 0 Å². The molecule has 1 saturated carbocycles. The predicted molar refractivity (Wildman–Crippen MR) is 91.7 cm³/mol. The number of amides is 2. The second-order valence-electron chi connectivity index (χ2n) is 6.85. The van der Waals surface area contributed by atoms with Crippen LogP contribution in [0.1, 0.15) is 38.2 Å². The molecular formula is C19H26N2O3. The van der Waals surface area contributed by atoms with Crippen LogP contribution in [-0.2, 0) is 14.9 Å². The molecule has 24 heavy (non-hydrogen) atoms. The molecule has 2 amide bonds. The van der Waals surface area contributed by atoms with E-state index in [1.807, 2.05) is 6.07 Å². The molecule has 1 saturated heterocycles. The molecule has 5 heteroatoms. The summed E-state index contributed by atoms with van der Waals surface area (Å²) in [5.41, 5.74) is 1.42. The average molecular weight is 330 g/mol. The lowest BCUT2D eigenvalue weighted by atomic mass is 9.94. The summed E-state index contributed by atoms with van der Waals surface area (Å²) in [7, 11) is 0. The van der Waals surface area contributed by atoms with Crippen molar-refractivity contribution < 1.29 is 14.3 Å². The van der Waals surface area contributed by atoms with Crippen LogP contribution in [0.5, 0.6) is 0 Å². The maximum absolute atomic E-state index is 12.5. The van der Waals surface area contributed by atoms with Crippen LogP contribution in [0.4, 0.5) is 4.79 Å². The van der Waals surface area contributed by atoms with Gasteiger partial charge in [0, 0.05) is 25.0 Å². The first kappa shape index (κ1) is 16.8. The third-order valence-electron chi connectivity index (χ3n) is 5.16. The van der Waals surface area contributed by atoms with Gasteiger partial charge in [-0.05, 0) is 38.2 Å². The highest BCUT2D eigenvalue weighted by molar-refractivity contribution is 5.80. The summed E-state index contributed by atoms with van der Waals surface area (Å²) in [6, 6.07) is 10.4. The van der Waals surface area contributed by atoms with Crippen molar-refractivity contribution in [1.29, 1.82) is 0 Å². The Kier molecular flexibility index (Phi) is 5.07. The number of nitrogens with one attached hydrogen (secondary N) is 1. The van der Waals surface area contributed by atoms with Crippen LogP contribution in [-0.4, -0.2) is 43.1 Å². The molecule has 1 N–H and O–H groups in total. The minimum atomic E-state index is -0.307. The van der Waals surface area contributed by atoms with E-state index in [0.29, 0.717) is 26.2 Å². The zero-order valence-electron chi connectivity index (χ0n) is 14.3. The van der Waals surface area contributed by atoms with Gasteiger partial charge in [0.1, 0.15) is 0 Å². The number of rotatable bonds is 5. The van der Waals surface area contributed by atoms with E-state index in [-0.39, 0.29) is 23.3 Å². The Morgan fingerprint density at radius 1 is 1.29 bits per heavy atom. The first-order chi connectivity index (χ1) is 11.6. The minimum absolute atomic E-state index is 0.0613. The third-order valence-corrected chi connectivity index (χ3v) is 5.16. The van der Waals surface area contributed by atoms with Gasteiger partial charge in [0.15, 0.2) is 0 Å². The molecule has 0 spiro atoms. The van der Waals surface area contributed by atoms with Crippen molar-refractivity contribution >= 4 is 12.0 Å². The van der Waals surface area contributed by atoms with Crippen LogP contribution < -0.4 is 5.32 Å². The second-order valence-corrected chi connectivity index (χ2v) is 6.85. The number of ether oxygens (including phenoxy) is 1. The predicted octanol–water partition coefficient (Wildman–Crippen LogP) is 2.70. The smallest absolute Gasteiger partial charge is 0.409 e. The van der Waals surface area contributed by atoms with Gasteiger partial charge in [0.25, 0.3) is 0 Å². The normalized spacial score (nSPS) is 21.9. The van der Waals surface area contributed by atoms with Gasteiger partial charge in [0.05, 0.1) is 12.5 Å². The molecule has 0 radical (unpaired) electrons. The summed E-state index contributed by atoms with van der Waals surface area (Å²) in [5, 5.41) is 3.13. The molecule has 2 aliphatic rings. The number of hydrogen-bond acceptors (Lipinski definition) is 3. The molecule has 0 bridgehead atoms. The number of nitrogens with zero attached hydrogens (tertiary/aromatic N) is 1. The first-order valence-electron chi connectivity index (χ1n) is 8.89. The molecular weight excluding hydrogens is 304 g/mol. The Balaban J connectivity index is 1.53. The number of carbonyl (C=O) groups is 2. The Morgan fingerprint density at radius 3 is 2.71 bits per heavy atom. The van der Waals surface area contributed by atoms with Gasteiger partial charge in [-0.25, -0.2) is 4.79 Å². The largest absolute Gasteiger partial charge is 0.450 e. The zero-order valence-corrected chi connectivity index (χ0v) is 14.3. The molecule has 1 unspecified atom stereocenters. The highest BCUT2D eigenvalue weighted by Gasteiger charge is 2.44. The van der Waals surface area contributed by atoms with Crippen molar-refractivity contribution in [3.05, 3.63) is 35.9 Å². The molecule has 1 aliphatic carbocycles. The highest BCUT2D eigenvalue weighted by atomic mass is 16.6. The fraction of sp³-hybridized carbons (Fsp3) is 0.579. The molecule has 2 fully saturated rings. The van der Waals surface area contributed by atoms with E-state index in [2.05, 4.69) is 29.6 Å². The summed E-state index contributed by atoms with van der Waals surface area (Å²) in [6.45, 7) is 3.99. The topological polar surface area (TPSA) is 58.6 Å². The Morgan fingerprint density at radius 2 is 2.04 bits per heavy atom. The van der Waals surface area contributed by atoms with Crippen molar-refractivity contribution in [2.24, 2.45) is 5.92 Å². The summed E-state index contributed by atoms with van der Waals surface area (Å²) in [4.78, 5) is 26.0. The van der Waals surface area contributed by atoms with Crippen LogP contribution in [0.15, 0.2) is 30.3 Å². The fourth-order valence-corrected chi connectivity index (χ4v) is 3.48. The van der Waals surface area contributed by atoms with Gasteiger partial charge in [-0.3, -0.25) is 4.79 Å². The Hall–Kier alpha value is -2.04. The van der Waals surface area contributed by atoms with E-state index in [9.17, 15) is 9.59 Å². The SMILES string of the molecule is CCOC(=O)N1CCCC(C(=O)NCC2(c3ccccc3)CC2)C1. The third kappa shape index (κ3) is 3.71. The van der Waals surface area contributed by atoms with Crippen molar-refractivity contribution in [3.8, 4) is 0 Å². The van der Waals surface area contributed by atoms with Crippen molar-refractivity contribution in [3.63, 3.8) is 0 Å². The van der Waals surface area contributed by atoms with Gasteiger partial charge in [-0.1, -0.05) is 30.3 Å². The summed E-state index contributed by atoms with van der Waals surface area (Å²) < 4.78 is 5.05. The van der Waals surface area contributed by atoms with Crippen LogP contribution in [0.2, 0.25) is 0 Å². The van der Waals surface area contributed by atoms with Crippen LogP contribution in [0.3, 0.4) is 0 Å². The maximum atomic E-state index is 12.5. The number of likely N-dealkylation sites (tertiary alicyclic amines) is 1. The molecule has 1 aromatic rings. The molecule has 0 aromatic heterocycles. The monoisotopic (exact) mass is 330 g/mol. The summed E-state index contributed by atoms with van der Waals surface area (Å²) in [6.07, 6.45) is 3.62. The average Bonchev–Trinajstić information content (AvgIpc) is 3.42. The number of hydrogen-bond donors (Lipinski definition) is 1. The first-order valence-corrected chi connectivity index (χ1v) is 8.89. The van der Waals surface area contributed by atoms with Gasteiger partial charge in [-0.2, -0.15) is 0 Å². The van der Waals surface area contributed by atoms with E-state index < -0.39 is 0 Å². The lowest BCUT2D eigenvalue weighted by Gasteiger charge is -2.31. The molecule has 3 rings (SSSR count). The summed E-state index contributed by atoms with van der Waals surface area (Å²) in [5.74, 6) is -0.0686. The second kappa shape index (κ2) is 7.24. The highest BCUT2D eigenvalue weighted by Crippen LogP contribution is 2.47. The zero-order chi connectivity index (χ0) is 17.0. The van der Waals surface area contributed by atoms with Gasteiger partial charge < -0.3 is 15.0 Å². The molecule has 5 nitrogen and oxygen atoms in total. The van der Waals surface area contributed by atoms with E-state index in [1.54, 1.807) is 11.8 Å². The molecule has 1 aliphatic heterocycles. The quantitative estimate of drug-likeness (QED) is 0.903. The lowest BCUT2D eigenvalue weighted by Crippen LogP contribution is -2.46. The van der Waals surface area contributed by atoms with Gasteiger partial charge in [0.2, 0.25) is 5.91 Å². The van der Waals surface area contributed by atoms with Gasteiger partial charge in [-0.15, -0.1) is 0 Å². The van der Waals surface area contributed by atoms with Crippen molar-refractivity contribution in [1.82, 2.24) is 10.2 Å². The van der Waals surface area contributed by atoms with Crippen molar-refractivity contribution in [2.45, 2.75) is 38.0 Å². The number of carbonyl (C=O) groups excluding carboxylic acids is 2. The standard InChI is InChI=1S/C19H26N2O3/c1-2-24-18(23)21-12-6-7-15(13-21)17(22)20-14-19(10-11-19)16-8-4-3-5-9-16/h3-5,8-9,15H,2,6-7,10-14H2,1H3,(H,20,22). The maximum Gasteiger partial charge on any atom is 0.409 e. The van der Waals surface area contributed by atoms with E-state index >= 15 is 0 Å². The van der Waals surface area contributed by atoms with Crippen LogP contribution in [0.25, 0.3) is 0 Å². The Labute approximate surface area is 143 Å². The Bertz CT molecular complexity index is 584. The van der Waals surface area contributed by atoms with Gasteiger partial charge >= 0.3 is 6.09 Å². The van der Waals surface area contributed by atoms with E-state index in [4.69, 9.17) is 4.74 Å². The number of piperidine rings is 1. The van der Waals surface area contributed by atoms with Crippen LogP contribution in [0, 0.1) is 5.92 Å². The van der Waals surface area contributed by atoms with Crippen molar-refractivity contribution in [2.75, 3.05) is 26.2 Å².